The smallest absolute Gasteiger partial charge is 0.157 e. The van der Waals surface area contributed by atoms with E-state index in [-0.39, 0.29) is 0 Å². The lowest BCUT2D eigenvalue weighted by atomic mass is 10.2. The summed E-state index contributed by atoms with van der Waals surface area (Å²) in [6.45, 7) is 5.18. The molecule has 0 amide bonds. The molecule has 0 bridgehead atoms. The van der Waals surface area contributed by atoms with E-state index >= 15 is 0 Å². The molecule has 0 aliphatic carbocycles. The summed E-state index contributed by atoms with van der Waals surface area (Å²) in [4.78, 5) is 10.2. The molecular formula is C13H17N3OS. The first kappa shape index (κ1) is 13.0. The van der Waals surface area contributed by atoms with Gasteiger partial charge in [-0.3, -0.25) is 0 Å². The predicted octanol–water partition coefficient (Wildman–Crippen LogP) is 3.09. The summed E-state index contributed by atoms with van der Waals surface area (Å²) in [6.07, 6.45) is 0. The molecule has 18 heavy (non-hydrogen) atoms. The van der Waals surface area contributed by atoms with E-state index in [0.717, 1.165) is 17.1 Å². The van der Waals surface area contributed by atoms with Crippen molar-refractivity contribution in [3.8, 4) is 11.3 Å². The average Bonchev–Trinajstić information content (AvgIpc) is 2.82. The Morgan fingerprint density at radius 3 is 2.83 bits per heavy atom. The van der Waals surface area contributed by atoms with E-state index in [0.29, 0.717) is 19.0 Å². The second-order valence-corrected chi connectivity index (χ2v) is 4.95. The largest absolute Gasteiger partial charge is 0.374 e. The molecular weight excluding hydrogens is 246 g/mol. The van der Waals surface area contributed by atoms with Gasteiger partial charge in [-0.15, -0.1) is 11.3 Å². The summed E-state index contributed by atoms with van der Waals surface area (Å²) in [5.74, 6) is 1.53. The van der Waals surface area contributed by atoms with Crippen molar-refractivity contribution >= 4 is 17.2 Å². The molecule has 0 aromatic carbocycles. The first-order valence-electron chi connectivity index (χ1n) is 5.92. The first-order valence-corrected chi connectivity index (χ1v) is 6.80. The van der Waals surface area contributed by atoms with Crippen LogP contribution in [0.5, 0.6) is 0 Å². The number of hydrogen-bond acceptors (Lipinski definition) is 5. The highest BCUT2D eigenvalue weighted by atomic mass is 32.1. The molecule has 0 radical (unpaired) electrons. The van der Waals surface area contributed by atoms with E-state index in [2.05, 4.69) is 33.7 Å². The summed E-state index contributed by atoms with van der Waals surface area (Å²) in [5, 5.41) is 5.14. The highest BCUT2D eigenvalue weighted by molar-refractivity contribution is 7.10. The van der Waals surface area contributed by atoms with E-state index in [1.54, 1.807) is 11.3 Å². The maximum atomic E-state index is 5.37. The van der Waals surface area contributed by atoms with Crippen molar-refractivity contribution in [2.45, 2.75) is 20.5 Å². The number of aromatic nitrogens is 2. The van der Waals surface area contributed by atoms with Crippen molar-refractivity contribution in [1.82, 2.24) is 9.97 Å². The third kappa shape index (κ3) is 2.86. The number of nitrogens with one attached hydrogen (secondary N) is 1. The van der Waals surface area contributed by atoms with Gasteiger partial charge in [0.15, 0.2) is 5.82 Å². The van der Waals surface area contributed by atoms with Crippen molar-refractivity contribution in [1.29, 1.82) is 0 Å². The Balaban J connectivity index is 2.38. The van der Waals surface area contributed by atoms with Crippen LogP contribution < -0.4 is 5.32 Å². The monoisotopic (exact) mass is 263 g/mol. The van der Waals surface area contributed by atoms with Crippen LogP contribution in [0.3, 0.4) is 0 Å². The van der Waals surface area contributed by atoms with Crippen LogP contribution in [0.25, 0.3) is 11.3 Å². The Labute approximate surface area is 111 Å². The topological polar surface area (TPSA) is 47.0 Å². The summed E-state index contributed by atoms with van der Waals surface area (Å²) in [7, 11) is 1.86. The van der Waals surface area contributed by atoms with Gasteiger partial charge in [0.1, 0.15) is 12.4 Å². The molecule has 2 heterocycles. The van der Waals surface area contributed by atoms with Crippen molar-refractivity contribution in [3.05, 3.63) is 28.2 Å². The third-order valence-corrected chi connectivity index (χ3v) is 3.44. The van der Waals surface area contributed by atoms with Gasteiger partial charge in [-0.05, 0) is 25.3 Å². The van der Waals surface area contributed by atoms with Crippen LogP contribution in [0.15, 0.2) is 17.5 Å². The number of thiophene rings is 1. The molecule has 2 aromatic heterocycles. The molecule has 0 aliphatic heterocycles. The van der Waals surface area contributed by atoms with E-state index in [4.69, 9.17) is 4.74 Å². The fraction of sp³-hybridized carbons (Fsp3) is 0.385. The molecule has 4 nitrogen and oxygen atoms in total. The Morgan fingerprint density at radius 1 is 1.39 bits per heavy atom. The molecule has 5 heteroatoms. The molecule has 0 unspecified atom stereocenters. The van der Waals surface area contributed by atoms with Crippen LogP contribution in [0, 0.1) is 6.92 Å². The molecule has 1 N–H and O–H groups in total. The second kappa shape index (κ2) is 5.93. The number of ether oxygens (including phenoxy) is 1. The fourth-order valence-corrected chi connectivity index (χ4v) is 2.38. The fourth-order valence-electron chi connectivity index (χ4n) is 1.67. The van der Waals surface area contributed by atoms with E-state index in [9.17, 15) is 0 Å². The van der Waals surface area contributed by atoms with Gasteiger partial charge in [0.05, 0.1) is 5.69 Å². The molecule has 2 aromatic rings. The van der Waals surface area contributed by atoms with Crippen LogP contribution in [0.2, 0.25) is 0 Å². The molecule has 0 saturated heterocycles. The van der Waals surface area contributed by atoms with Crippen molar-refractivity contribution in [3.63, 3.8) is 0 Å². The van der Waals surface area contributed by atoms with Gasteiger partial charge in [-0.25, -0.2) is 9.97 Å². The SMILES string of the molecule is CCOCc1nc(NC)cc(-c2ccsc2C)n1. The number of hydrogen-bond donors (Lipinski definition) is 1. The van der Waals surface area contributed by atoms with Crippen molar-refractivity contribution < 1.29 is 4.74 Å². The maximum absolute atomic E-state index is 5.37. The maximum Gasteiger partial charge on any atom is 0.157 e. The molecule has 0 fully saturated rings. The number of rotatable bonds is 5. The summed E-state index contributed by atoms with van der Waals surface area (Å²) < 4.78 is 5.37. The van der Waals surface area contributed by atoms with Gasteiger partial charge in [0.25, 0.3) is 0 Å². The van der Waals surface area contributed by atoms with Crippen LogP contribution in [-0.2, 0) is 11.3 Å². The van der Waals surface area contributed by atoms with Crippen molar-refractivity contribution in [2.75, 3.05) is 19.0 Å². The minimum absolute atomic E-state index is 0.447. The molecule has 0 aliphatic rings. The van der Waals surface area contributed by atoms with Crippen molar-refractivity contribution in [2.24, 2.45) is 0 Å². The number of nitrogens with zero attached hydrogens (tertiary/aromatic N) is 2. The standard InChI is InChI=1S/C13H17N3OS/c1-4-17-8-13-15-11(7-12(14-3)16-13)10-5-6-18-9(10)2/h5-7H,4,8H2,1-3H3,(H,14,15,16). The average molecular weight is 263 g/mol. The normalized spacial score (nSPS) is 10.6. The Hall–Kier alpha value is -1.46. The third-order valence-electron chi connectivity index (χ3n) is 2.60. The first-order chi connectivity index (χ1) is 8.74. The van der Waals surface area contributed by atoms with Gasteiger partial charge in [0, 0.05) is 30.2 Å². The van der Waals surface area contributed by atoms with E-state index in [1.165, 1.54) is 4.88 Å². The molecule has 0 saturated carbocycles. The van der Waals surface area contributed by atoms with Gasteiger partial charge in [-0.1, -0.05) is 0 Å². The summed E-state index contributed by atoms with van der Waals surface area (Å²) in [6, 6.07) is 4.05. The highest BCUT2D eigenvalue weighted by Gasteiger charge is 2.09. The van der Waals surface area contributed by atoms with E-state index < -0.39 is 0 Å². The van der Waals surface area contributed by atoms with Crippen LogP contribution in [0.1, 0.15) is 17.6 Å². The zero-order valence-electron chi connectivity index (χ0n) is 10.9. The zero-order valence-corrected chi connectivity index (χ0v) is 11.7. The van der Waals surface area contributed by atoms with Crippen LogP contribution >= 0.6 is 11.3 Å². The Kier molecular flexibility index (Phi) is 4.28. The summed E-state index contributed by atoms with van der Waals surface area (Å²) in [5.41, 5.74) is 2.11. The zero-order chi connectivity index (χ0) is 13.0. The second-order valence-electron chi connectivity index (χ2n) is 3.83. The molecule has 96 valence electrons. The van der Waals surface area contributed by atoms with E-state index in [1.807, 2.05) is 20.0 Å². The van der Waals surface area contributed by atoms with Gasteiger partial charge >= 0.3 is 0 Å². The lowest BCUT2D eigenvalue weighted by molar-refractivity contribution is 0.128. The number of anilines is 1. The van der Waals surface area contributed by atoms with Crippen LogP contribution in [0.4, 0.5) is 5.82 Å². The minimum atomic E-state index is 0.447. The molecule has 2 rings (SSSR count). The lowest BCUT2D eigenvalue weighted by Crippen LogP contribution is -2.03. The van der Waals surface area contributed by atoms with Crippen LogP contribution in [-0.4, -0.2) is 23.6 Å². The Bertz CT molecular complexity index is 525. The number of aryl methyl sites for hydroxylation is 1. The molecule has 0 spiro atoms. The van der Waals surface area contributed by atoms with Gasteiger partial charge in [-0.2, -0.15) is 0 Å². The van der Waals surface area contributed by atoms with Gasteiger partial charge in [0.2, 0.25) is 0 Å². The quantitative estimate of drug-likeness (QED) is 0.900. The minimum Gasteiger partial charge on any atom is -0.374 e. The Morgan fingerprint density at radius 2 is 2.22 bits per heavy atom. The summed E-state index contributed by atoms with van der Waals surface area (Å²) >= 11 is 1.72. The van der Waals surface area contributed by atoms with Gasteiger partial charge < -0.3 is 10.1 Å². The lowest BCUT2D eigenvalue weighted by Gasteiger charge is -2.07. The predicted molar refractivity (Wildman–Crippen MR) is 75.0 cm³/mol. The highest BCUT2D eigenvalue weighted by Crippen LogP contribution is 2.27. The molecule has 0 atom stereocenters.